The van der Waals surface area contributed by atoms with E-state index in [9.17, 15) is 4.57 Å². The molecule has 0 bridgehead atoms. The molecule has 0 radical (unpaired) electrons. The number of rotatable bonds is 5. The summed E-state index contributed by atoms with van der Waals surface area (Å²) in [4.78, 5) is 0. The van der Waals surface area contributed by atoms with Crippen LogP contribution in [0.4, 0.5) is 0 Å². The van der Waals surface area contributed by atoms with Crippen LogP contribution in [0, 0.1) is 0 Å². The molecule has 6 heteroatoms. The van der Waals surface area contributed by atoms with Crippen molar-refractivity contribution in [1.29, 1.82) is 0 Å². The first-order chi connectivity index (χ1) is 8.55. The maximum atomic E-state index is 12.2. The minimum absolute atomic E-state index is 0.0349. The molecule has 0 N–H and O–H groups in total. The molecule has 0 aromatic heterocycles. The number of para-hydroxylation sites is 1. The summed E-state index contributed by atoms with van der Waals surface area (Å²) in [5.74, 6) is 0.614. The normalized spacial score (nSPS) is 26.7. The Morgan fingerprint density at radius 2 is 2.17 bits per heavy atom. The van der Waals surface area contributed by atoms with Crippen LogP contribution in [0.25, 0.3) is 0 Å². The van der Waals surface area contributed by atoms with E-state index in [1.165, 1.54) is 0 Å². The Hall–Kier alpha value is -0.765. The Balaban J connectivity index is 1.82. The zero-order valence-electron chi connectivity index (χ0n) is 10.7. The van der Waals surface area contributed by atoms with E-state index < -0.39 is 7.37 Å². The zero-order chi connectivity index (χ0) is 13.0. The second-order valence-electron chi connectivity index (χ2n) is 4.72. The van der Waals surface area contributed by atoms with E-state index in [1.807, 2.05) is 26.0 Å². The molecule has 0 aliphatic carbocycles. The average molecular weight is 268 g/mol. The van der Waals surface area contributed by atoms with E-state index >= 15 is 0 Å². The molecule has 1 aliphatic heterocycles. The first-order valence-corrected chi connectivity index (χ1v) is 8.35. The molecule has 0 amide bonds. The van der Waals surface area contributed by atoms with E-state index in [1.54, 1.807) is 18.8 Å². The van der Waals surface area contributed by atoms with Crippen molar-refractivity contribution in [2.24, 2.45) is 0 Å². The molecule has 18 heavy (non-hydrogen) atoms. The van der Waals surface area contributed by atoms with Crippen molar-refractivity contribution in [3.63, 3.8) is 0 Å². The Labute approximate surface area is 108 Å². The zero-order valence-corrected chi connectivity index (χ0v) is 11.6. The van der Waals surface area contributed by atoms with E-state index in [0.717, 1.165) is 6.42 Å². The summed E-state index contributed by atoms with van der Waals surface area (Å²) in [7, 11) is -0.755. The van der Waals surface area contributed by atoms with Crippen molar-refractivity contribution >= 4 is 15.2 Å². The van der Waals surface area contributed by atoms with E-state index in [2.05, 4.69) is 0 Å². The summed E-state index contributed by atoms with van der Waals surface area (Å²) < 4.78 is 28.7. The van der Waals surface area contributed by atoms with Gasteiger partial charge in [-0.25, -0.2) is 0 Å². The van der Waals surface area contributed by atoms with Gasteiger partial charge in [-0.05, 0) is 18.6 Å². The lowest BCUT2D eigenvalue weighted by atomic mass is 9.97. The molecule has 3 atom stereocenters. The Bertz CT molecular complexity index is 425. The predicted octanol–water partition coefficient (Wildman–Crippen LogP) is 1.70. The number of benzene rings is 1. The van der Waals surface area contributed by atoms with Gasteiger partial charge in [0.25, 0.3) is 7.37 Å². The van der Waals surface area contributed by atoms with Gasteiger partial charge in [-0.2, -0.15) is 0 Å². The van der Waals surface area contributed by atoms with Crippen molar-refractivity contribution in [2.75, 3.05) is 19.6 Å². The smallest absolute Gasteiger partial charge is 0.269 e. The van der Waals surface area contributed by atoms with Crippen LogP contribution in [0.2, 0.25) is 0 Å². The fourth-order valence-electron chi connectivity index (χ4n) is 1.87. The topological polar surface area (TPSA) is 44.8 Å². The number of ether oxygens (including phenoxy) is 2. The Morgan fingerprint density at radius 3 is 2.78 bits per heavy atom. The van der Waals surface area contributed by atoms with Gasteiger partial charge < -0.3 is 14.0 Å². The largest absolute Gasteiger partial charge is 0.441 e. The SMILES string of the molecule is B[C@H]1C[C@@H](OCP(C)(=O)Oc2ccccc2)CO1. The molecule has 1 aromatic rings. The van der Waals surface area contributed by atoms with Crippen molar-refractivity contribution in [3.05, 3.63) is 30.3 Å². The second-order valence-corrected chi connectivity index (χ2v) is 7.18. The lowest BCUT2D eigenvalue weighted by Crippen LogP contribution is -2.15. The van der Waals surface area contributed by atoms with Crippen LogP contribution in [-0.4, -0.2) is 39.6 Å². The summed E-state index contributed by atoms with van der Waals surface area (Å²) in [6.45, 7) is 2.17. The summed E-state index contributed by atoms with van der Waals surface area (Å²) in [6.07, 6.45) is 1.01. The third kappa shape index (κ3) is 4.16. The van der Waals surface area contributed by atoms with Crippen molar-refractivity contribution in [2.45, 2.75) is 18.5 Å². The van der Waals surface area contributed by atoms with Crippen LogP contribution < -0.4 is 4.52 Å². The third-order valence-electron chi connectivity index (χ3n) is 2.75. The first-order valence-electron chi connectivity index (χ1n) is 6.09. The average Bonchev–Trinajstić information content (AvgIpc) is 2.74. The van der Waals surface area contributed by atoms with Crippen molar-refractivity contribution < 1.29 is 18.6 Å². The number of hydrogen-bond donors (Lipinski definition) is 0. The molecule has 4 nitrogen and oxygen atoms in total. The fourth-order valence-corrected chi connectivity index (χ4v) is 2.97. The first kappa shape index (κ1) is 13.7. The Kier molecular flexibility index (Phi) is 4.49. The van der Waals surface area contributed by atoms with Gasteiger partial charge in [-0.3, -0.25) is 4.57 Å². The monoisotopic (exact) mass is 268 g/mol. The lowest BCUT2D eigenvalue weighted by Gasteiger charge is -2.17. The molecule has 1 heterocycles. The van der Waals surface area contributed by atoms with E-state index in [-0.39, 0.29) is 18.5 Å². The maximum Gasteiger partial charge on any atom is 0.269 e. The standard InChI is InChI=1S/C12H18BO4P/c1-18(14,17-10-5-3-2-4-6-10)9-16-11-7-12(13)15-8-11/h2-6,11-12H,7-9,13H2,1H3/t11-,12-,18?/m1/s1. The molecule has 1 saturated heterocycles. The molecule has 1 aromatic carbocycles. The molecule has 1 aliphatic rings. The molecular formula is C12H18BO4P. The van der Waals surface area contributed by atoms with Crippen LogP contribution in [0.3, 0.4) is 0 Å². The highest BCUT2D eigenvalue weighted by molar-refractivity contribution is 7.58. The maximum absolute atomic E-state index is 12.2. The molecule has 2 rings (SSSR count). The quantitative estimate of drug-likeness (QED) is 0.602. The summed E-state index contributed by atoms with van der Waals surface area (Å²) >= 11 is 0. The molecular weight excluding hydrogens is 250 g/mol. The van der Waals surface area contributed by atoms with Gasteiger partial charge >= 0.3 is 0 Å². The van der Waals surface area contributed by atoms with Gasteiger partial charge in [0.05, 0.1) is 12.7 Å². The van der Waals surface area contributed by atoms with Crippen molar-refractivity contribution in [3.8, 4) is 5.75 Å². The highest BCUT2D eigenvalue weighted by Crippen LogP contribution is 2.43. The predicted molar refractivity (Wildman–Crippen MR) is 73.2 cm³/mol. The fraction of sp³-hybridized carbons (Fsp3) is 0.500. The van der Waals surface area contributed by atoms with Crippen molar-refractivity contribution in [1.82, 2.24) is 0 Å². The summed E-state index contributed by atoms with van der Waals surface area (Å²) in [5.41, 5.74) is 0. The van der Waals surface area contributed by atoms with Crippen LogP contribution >= 0.6 is 7.37 Å². The summed E-state index contributed by atoms with van der Waals surface area (Å²) in [5, 5.41) is 0. The van der Waals surface area contributed by atoms with E-state index in [0.29, 0.717) is 12.4 Å². The highest BCUT2D eigenvalue weighted by Gasteiger charge is 2.26. The highest BCUT2D eigenvalue weighted by atomic mass is 31.2. The minimum atomic E-state index is -2.76. The van der Waals surface area contributed by atoms with Gasteiger partial charge in [-0.15, -0.1) is 0 Å². The second kappa shape index (κ2) is 5.92. The van der Waals surface area contributed by atoms with Crippen LogP contribution in [0.1, 0.15) is 6.42 Å². The van der Waals surface area contributed by atoms with Crippen LogP contribution in [-0.2, 0) is 14.0 Å². The molecule has 1 unspecified atom stereocenters. The minimum Gasteiger partial charge on any atom is -0.441 e. The Morgan fingerprint density at radius 1 is 1.44 bits per heavy atom. The molecule has 0 spiro atoms. The van der Waals surface area contributed by atoms with Gasteiger partial charge in [0.2, 0.25) is 0 Å². The number of hydrogen-bond acceptors (Lipinski definition) is 4. The van der Waals surface area contributed by atoms with Gasteiger partial charge in [0.1, 0.15) is 19.9 Å². The summed E-state index contributed by atoms with van der Waals surface area (Å²) in [6, 6.07) is 9.39. The molecule has 98 valence electrons. The van der Waals surface area contributed by atoms with Gasteiger partial charge in [0, 0.05) is 12.7 Å². The third-order valence-corrected chi connectivity index (χ3v) is 3.96. The van der Waals surface area contributed by atoms with Gasteiger partial charge in [0.15, 0.2) is 0 Å². The van der Waals surface area contributed by atoms with Crippen LogP contribution in [0.15, 0.2) is 30.3 Å². The van der Waals surface area contributed by atoms with Crippen LogP contribution in [0.5, 0.6) is 5.75 Å². The molecule has 0 saturated carbocycles. The van der Waals surface area contributed by atoms with E-state index in [4.69, 9.17) is 14.0 Å². The lowest BCUT2D eigenvalue weighted by molar-refractivity contribution is 0.0643. The molecule has 1 fully saturated rings. The van der Waals surface area contributed by atoms with Gasteiger partial charge in [-0.1, -0.05) is 18.2 Å².